The number of carbonyl (C=O) groups is 1. The van der Waals surface area contributed by atoms with Crippen LogP contribution < -0.4 is 10.1 Å². The largest absolute Gasteiger partial charge is 0.496 e. The Bertz CT molecular complexity index is 985. The summed E-state index contributed by atoms with van der Waals surface area (Å²) in [7, 11) is 1.54. The van der Waals surface area contributed by atoms with Crippen LogP contribution in [0.25, 0.3) is 11.3 Å². The minimum absolute atomic E-state index is 0.195. The number of fused-ring (bicyclic) bond motifs is 1. The summed E-state index contributed by atoms with van der Waals surface area (Å²) in [6.07, 6.45) is 1.57. The molecule has 0 saturated carbocycles. The Morgan fingerprint density at radius 3 is 2.86 bits per heavy atom. The van der Waals surface area contributed by atoms with Gasteiger partial charge in [0.25, 0.3) is 5.91 Å². The van der Waals surface area contributed by atoms with E-state index in [1.165, 1.54) is 19.2 Å². The smallest absolute Gasteiger partial charge is 0.255 e. The number of hydrogen-bond donors (Lipinski definition) is 1. The third-order valence-electron chi connectivity index (χ3n) is 4.75. The van der Waals surface area contributed by atoms with E-state index in [0.29, 0.717) is 31.0 Å². The number of imidazole rings is 1. The third-order valence-corrected chi connectivity index (χ3v) is 4.75. The second-order valence-corrected chi connectivity index (χ2v) is 6.52. The molecule has 1 amide bonds. The van der Waals surface area contributed by atoms with Gasteiger partial charge in [-0.1, -0.05) is 12.1 Å². The number of methoxy groups -OCH3 is 1. The first kappa shape index (κ1) is 18.2. The molecule has 2 aromatic carbocycles. The number of para-hydroxylation sites is 1. The lowest BCUT2D eigenvalue weighted by atomic mass is 10.1. The van der Waals surface area contributed by atoms with Crippen LogP contribution in [0.3, 0.4) is 0 Å². The van der Waals surface area contributed by atoms with Crippen molar-refractivity contribution in [3.8, 4) is 17.0 Å². The molecule has 1 aliphatic rings. The molecule has 1 aromatic heterocycles. The van der Waals surface area contributed by atoms with Gasteiger partial charge in [0, 0.05) is 6.54 Å². The lowest BCUT2D eigenvalue weighted by Gasteiger charge is -2.26. The maximum atomic E-state index is 13.2. The highest BCUT2D eigenvalue weighted by molar-refractivity contribution is 5.96. The van der Waals surface area contributed by atoms with E-state index in [-0.39, 0.29) is 17.8 Å². The van der Waals surface area contributed by atoms with Crippen molar-refractivity contribution in [3.63, 3.8) is 0 Å². The number of ether oxygens (including phenoxy) is 2. The van der Waals surface area contributed by atoms with Crippen molar-refractivity contribution < 1.29 is 18.7 Å². The Morgan fingerprint density at radius 1 is 1.29 bits per heavy atom. The molecule has 2 heterocycles. The number of hydrogen-bond acceptors (Lipinski definition) is 4. The molecule has 6 nitrogen and oxygen atoms in total. The van der Waals surface area contributed by atoms with E-state index in [4.69, 9.17) is 9.47 Å². The molecular formula is C21H20FN3O3. The second-order valence-electron chi connectivity index (χ2n) is 6.52. The summed E-state index contributed by atoms with van der Waals surface area (Å²) in [6, 6.07) is 13.4. The quantitative estimate of drug-likeness (QED) is 0.738. The van der Waals surface area contributed by atoms with Crippen molar-refractivity contribution in [1.29, 1.82) is 0 Å². The highest BCUT2D eigenvalue weighted by Gasteiger charge is 2.24. The van der Waals surface area contributed by atoms with Gasteiger partial charge in [0.15, 0.2) is 0 Å². The lowest BCUT2D eigenvalue weighted by molar-refractivity contribution is 0.00373. The fourth-order valence-corrected chi connectivity index (χ4v) is 3.29. The average Bonchev–Trinajstić information content (AvgIpc) is 3.15. The van der Waals surface area contributed by atoms with Crippen molar-refractivity contribution >= 4 is 5.91 Å². The van der Waals surface area contributed by atoms with Crippen molar-refractivity contribution in [2.24, 2.45) is 0 Å². The first-order chi connectivity index (χ1) is 13.7. The van der Waals surface area contributed by atoms with E-state index in [2.05, 4.69) is 14.9 Å². The molecule has 4 rings (SSSR count). The zero-order chi connectivity index (χ0) is 19.5. The summed E-state index contributed by atoms with van der Waals surface area (Å²) in [5, 5.41) is 2.91. The fraction of sp³-hybridized carbons (Fsp3) is 0.238. The Balaban J connectivity index is 1.45. The number of rotatable bonds is 5. The van der Waals surface area contributed by atoms with Gasteiger partial charge in [0.2, 0.25) is 0 Å². The van der Waals surface area contributed by atoms with Gasteiger partial charge >= 0.3 is 0 Å². The highest BCUT2D eigenvalue weighted by Crippen LogP contribution is 2.25. The van der Waals surface area contributed by atoms with E-state index >= 15 is 0 Å². The molecule has 1 unspecified atom stereocenters. The normalized spacial score (nSPS) is 15.7. The van der Waals surface area contributed by atoms with Crippen LogP contribution in [0, 0.1) is 5.82 Å². The molecule has 7 heteroatoms. The lowest BCUT2D eigenvalue weighted by Crippen LogP contribution is -2.39. The molecule has 144 valence electrons. The van der Waals surface area contributed by atoms with Crippen molar-refractivity contribution in [3.05, 3.63) is 71.9 Å². The Kier molecular flexibility index (Phi) is 5.08. The molecule has 0 spiro atoms. The SMILES string of the molecule is COc1ccccc1C(=O)NCC1Cn2c(-c3ccc(F)cc3)cnc2CO1. The summed E-state index contributed by atoms with van der Waals surface area (Å²) in [5.74, 6) is 0.852. The molecular weight excluding hydrogens is 361 g/mol. The van der Waals surface area contributed by atoms with Gasteiger partial charge in [-0.05, 0) is 42.0 Å². The van der Waals surface area contributed by atoms with Crippen LogP contribution in [0.2, 0.25) is 0 Å². The molecule has 1 N–H and O–H groups in total. The van der Waals surface area contributed by atoms with Gasteiger partial charge in [0.1, 0.15) is 24.0 Å². The molecule has 0 fully saturated rings. The topological polar surface area (TPSA) is 65.4 Å². The van der Waals surface area contributed by atoms with Crippen LogP contribution in [0.15, 0.2) is 54.7 Å². The van der Waals surface area contributed by atoms with Gasteiger partial charge in [-0.15, -0.1) is 0 Å². The number of amides is 1. The first-order valence-electron chi connectivity index (χ1n) is 8.99. The molecule has 28 heavy (non-hydrogen) atoms. The third kappa shape index (κ3) is 3.61. The summed E-state index contributed by atoms with van der Waals surface area (Å²) >= 11 is 0. The second kappa shape index (κ2) is 7.82. The molecule has 0 aliphatic carbocycles. The van der Waals surface area contributed by atoms with Crippen LogP contribution in [0.4, 0.5) is 4.39 Å². The number of halogens is 1. The summed E-state index contributed by atoms with van der Waals surface area (Å²) in [6.45, 7) is 1.27. The Labute approximate surface area is 161 Å². The van der Waals surface area contributed by atoms with Gasteiger partial charge in [-0.2, -0.15) is 0 Å². The van der Waals surface area contributed by atoms with E-state index in [0.717, 1.165) is 17.1 Å². The van der Waals surface area contributed by atoms with E-state index in [1.54, 1.807) is 36.5 Å². The molecule has 0 saturated heterocycles. The van der Waals surface area contributed by atoms with Crippen LogP contribution in [0.1, 0.15) is 16.2 Å². The zero-order valence-electron chi connectivity index (χ0n) is 15.4. The van der Waals surface area contributed by atoms with Gasteiger partial charge < -0.3 is 19.4 Å². The molecule has 1 atom stereocenters. The summed E-state index contributed by atoms with van der Waals surface area (Å²) in [4.78, 5) is 16.9. The van der Waals surface area contributed by atoms with E-state index in [1.807, 2.05) is 6.07 Å². The Hall–Kier alpha value is -3.19. The Morgan fingerprint density at radius 2 is 2.07 bits per heavy atom. The maximum absolute atomic E-state index is 13.2. The van der Waals surface area contributed by atoms with E-state index < -0.39 is 0 Å². The molecule has 1 aliphatic heterocycles. The summed E-state index contributed by atoms with van der Waals surface area (Å²) < 4.78 is 26.3. The van der Waals surface area contributed by atoms with Gasteiger partial charge in [-0.25, -0.2) is 9.37 Å². The number of benzene rings is 2. The van der Waals surface area contributed by atoms with Crippen LogP contribution in [-0.2, 0) is 17.9 Å². The van der Waals surface area contributed by atoms with Gasteiger partial charge in [0.05, 0.1) is 37.2 Å². The van der Waals surface area contributed by atoms with Crippen LogP contribution >= 0.6 is 0 Å². The number of aromatic nitrogens is 2. The molecule has 0 bridgehead atoms. The first-order valence-corrected chi connectivity index (χ1v) is 8.99. The van der Waals surface area contributed by atoms with Crippen molar-refractivity contribution in [2.75, 3.05) is 13.7 Å². The zero-order valence-corrected chi connectivity index (χ0v) is 15.4. The minimum atomic E-state index is -0.276. The fourth-order valence-electron chi connectivity index (χ4n) is 3.29. The average molecular weight is 381 g/mol. The maximum Gasteiger partial charge on any atom is 0.255 e. The standard InChI is InChI=1S/C21H20FN3O3/c1-27-19-5-3-2-4-17(19)21(26)24-10-16-12-25-18(11-23-20(25)13-28-16)14-6-8-15(22)9-7-14/h2-9,11,16H,10,12-13H2,1H3,(H,24,26). The molecule has 0 radical (unpaired) electrons. The van der Waals surface area contributed by atoms with Crippen LogP contribution in [-0.4, -0.2) is 35.2 Å². The highest BCUT2D eigenvalue weighted by atomic mass is 19.1. The van der Waals surface area contributed by atoms with Gasteiger partial charge in [-0.3, -0.25) is 4.79 Å². The van der Waals surface area contributed by atoms with E-state index in [9.17, 15) is 9.18 Å². The molecule has 3 aromatic rings. The van der Waals surface area contributed by atoms with Crippen LogP contribution in [0.5, 0.6) is 5.75 Å². The van der Waals surface area contributed by atoms with Crippen molar-refractivity contribution in [1.82, 2.24) is 14.9 Å². The predicted molar refractivity (Wildman–Crippen MR) is 102 cm³/mol. The van der Waals surface area contributed by atoms with Crippen molar-refractivity contribution in [2.45, 2.75) is 19.3 Å². The number of nitrogens with zero attached hydrogens (tertiary/aromatic N) is 2. The number of nitrogens with one attached hydrogen (secondary N) is 1. The monoisotopic (exact) mass is 381 g/mol. The minimum Gasteiger partial charge on any atom is -0.496 e. The summed E-state index contributed by atoms with van der Waals surface area (Å²) in [5.41, 5.74) is 2.27. The number of carbonyl (C=O) groups excluding carboxylic acids is 1. The predicted octanol–water partition coefficient (Wildman–Crippen LogP) is 3.03.